The number of carboxylic acids is 1. The minimum atomic E-state index is -1.11. The number of carboxylic acid groups (broad SMARTS) is 1. The van der Waals surface area contributed by atoms with Crippen molar-refractivity contribution in [2.45, 2.75) is 69.9 Å². The van der Waals surface area contributed by atoms with E-state index < -0.39 is 47.6 Å². The van der Waals surface area contributed by atoms with Gasteiger partial charge in [0, 0.05) is 49.6 Å². The quantitative estimate of drug-likeness (QED) is 0.0960. The zero-order valence-corrected chi connectivity index (χ0v) is 33.6. The minimum Gasteiger partial charge on any atom is -0.481 e. The number of Topliss-reactive ketones (excluding diaryl/α,β-unsaturated/α-hetero) is 2. The summed E-state index contributed by atoms with van der Waals surface area (Å²) < 4.78 is 0. The van der Waals surface area contributed by atoms with Gasteiger partial charge in [-0.15, -0.1) is 0 Å². The van der Waals surface area contributed by atoms with E-state index in [0.29, 0.717) is 18.4 Å². The monoisotopic (exact) mass is 805 g/mol. The summed E-state index contributed by atoms with van der Waals surface area (Å²) in [5, 5.41) is 17.9. The molecular weight excluding hydrogens is 755 g/mol. The molecule has 10 heteroatoms. The van der Waals surface area contributed by atoms with Gasteiger partial charge in [0.05, 0.1) is 6.04 Å². The summed E-state index contributed by atoms with van der Waals surface area (Å²) in [6.45, 7) is 0.118. The Morgan fingerprint density at radius 2 is 1.13 bits per heavy atom. The lowest BCUT2D eigenvalue weighted by molar-refractivity contribution is -0.137. The smallest absolute Gasteiger partial charge is 0.303 e. The van der Waals surface area contributed by atoms with Crippen LogP contribution in [0.2, 0.25) is 0 Å². The zero-order valence-electron chi connectivity index (χ0n) is 33.6. The molecule has 0 saturated carbocycles. The Bertz CT molecular complexity index is 2230. The molecule has 4 N–H and O–H groups in total. The molecule has 60 heavy (non-hydrogen) atoms. The van der Waals surface area contributed by atoms with Crippen molar-refractivity contribution in [2.75, 3.05) is 6.54 Å². The number of ketones is 2. The van der Waals surface area contributed by atoms with Crippen molar-refractivity contribution >= 4 is 35.3 Å². The number of nitrogens with one attached hydrogen (secondary N) is 3. The van der Waals surface area contributed by atoms with Gasteiger partial charge in [0.15, 0.2) is 11.6 Å². The van der Waals surface area contributed by atoms with E-state index >= 15 is 0 Å². The molecule has 0 unspecified atom stereocenters. The van der Waals surface area contributed by atoms with E-state index in [1.165, 1.54) is 0 Å². The molecule has 5 aromatic carbocycles. The molecule has 0 saturated heterocycles. The third-order valence-corrected chi connectivity index (χ3v) is 11.0. The van der Waals surface area contributed by atoms with Crippen LogP contribution in [0, 0.1) is 11.8 Å². The Kier molecular flexibility index (Phi) is 15.3. The van der Waals surface area contributed by atoms with Crippen LogP contribution in [0.15, 0.2) is 140 Å². The molecule has 2 aliphatic rings. The van der Waals surface area contributed by atoms with Crippen molar-refractivity contribution in [2.24, 2.45) is 11.8 Å². The van der Waals surface area contributed by atoms with Gasteiger partial charge in [-0.05, 0) is 65.5 Å². The first-order valence-electron chi connectivity index (χ1n) is 20.6. The predicted octanol–water partition coefficient (Wildman–Crippen LogP) is 6.74. The van der Waals surface area contributed by atoms with Crippen LogP contribution in [0.1, 0.15) is 64.7 Å². The molecule has 2 aliphatic heterocycles. The molecule has 7 rings (SSSR count). The predicted molar refractivity (Wildman–Crippen MR) is 230 cm³/mol. The summed E-state index contributed by atoms with van der Waals surface area (Å²) in [6, 6.07) is 41.3. The van der Waals surface area contributed by atoms with Crippen LogP contribution in [0.3, 0.4) is 0 Å². The van der Waals surface area contributed by atoms with Crippen LogP contribution in [-0.2, 0) is 49.7 Å². The van der Waals surface area contributed by atoms with Crippen LogP contribution < -0.4 is 16.0 Å². The third-order valence-electron chi connectivity index (χ3n) is 11.0. The number of carbonyl (C=O) groups is 6. The van der Waals surface area contributed by atoms with Gasteiger partial charge < -0.3 is 21.1 Å². The molecule has 0 aliphatic carbocycles. The van der Waals surface area contributed by atoms with Crippen LogP contribution in [0.25, 0.3) is 11.1 Å². The Labute approximate surface area is 350 Å². The number of amides is 3. The van der Waals surface area contributed by atoms with Gasteiger partial charge in [-0.2, -0.15) is 0 Å². The van der Waals surface area contributed by atoms with Crippen molar-refractivity contribution in [1.29, 1.82) is 0 Å². The maximum absolute atomic E-state index is 14.6. The van der Waals surface area contributed by atoms with Gasteiger partial charge in [0.25, 0.3) is 0 Å². The molecule has 2 heterocycles. The van der Waals surface area contributed by atoms with Crippen LogP contribution >= 0.6 is 0 Å². The first-order valence-corrected chi connectivity index (χ1v) is 20.6. The Balaban J connectivity index is 1.35. The van der Waals surface area contributed by atoms with Crippen molar-refractivity contribution in [1.82, 2.24) is 16.0 Å². The Morgan fingerprint density at radius 1 is 0.583 bits per heavy atom. The second kappa shape index (κ2) is 21.4. The molecule has 0 radical (unpaired) electrons. The molecule has 0 spiro atoms. The highest BCUT2D eigenvalue weighted by atomic mass is 16.4. The summed E-state index contributed by atoms with van der Waals surface area (Å²) in [4.78, 5) is 82.0. The molecule has 3 amide bonds. The lowest BCUT2D eigenvalue weighted by atomic mass is 9.88. The van der Waals surface area contributed by atoms with Crippen molar-refractivity contribution < 1.29 is 33.9 Å². The maximum atomic E-state index is 14.6. The normalized spacial score (nSPS) is 18.9. The first kappa shape index (κ1) is 42.9. The Hall–Kier alpha value is -6.68. The highest BCUT2D eigenvalue weighted by Gasteiger charge is 2.33. The highest BCUT2D eigenvalue weighted by Crippen LogP contribution is 2.23. The molecular formula is C50H51N3O7. The molecule has 10 nitrogen and oxygen atoms in total. The number of rotatable bonds is 13. The van der Waals surface area contributed by atoms with Gasteiger partial charge in [-0.25, -0.2) is 0 Å². The fourth-order valence-electron chi connectivity index (χ4n) is 7.57. The second-order valence-electron chi connectivity index (χ2n) is 15.5. The number of aliphatic carboxylic acids is 1. The van der Waals surface area contributed by atoms with Gasteiger partial charge in [-0.3, -0.25) is 28.8 Å². The summed E-state index contributed by atoms with van der Waals surface area (Å²) in [6.07, 6.45) is 1.12. The van der Waals surface area contributed by atoms with Crippen molar-refractivity contribution in [3.05, 3.63) is 167 Å². The topological polar surface area (TPSA) is 159 Å². The summed E-state index contributed by atoms with van der Waals surface area (Å²) in [5.41, 5.74) is 5.73. The van der Waals surface area contributed by atoms with E-state index in [1.54, 1.807) is 24.3 Å². The fourth-order valence-corrected chi connectivity index (χ4v) is 7.57. The molecule has 2 bridgehead atoms. The van der Waals surface area contributed by atoms with Crippen LogP contribution in [0.5, 0.6) is 0 Å². The SMILES string of the molecule is O=C(O)CCCNC(=O)[C@H]1CC(=O)[C@@H](Cc2ccccc2)NC(=O)[C@H](Cc2ccc(-c3ccccc3)cc2)NC(=O)[C@@H](CCc2ccccc2)CC(=O)c2ccc(cc2)C1. The largest absolute Gasteiger partial charge is 0.481 e. The average Bonchev–Trinajstić information content (AvgIpc) is 3.26. The average molecular weight is 806 g/mol. The molecule has 5 aromatic rings. The molecule has 0 aromatic heterocycles. The van der Waals surface area contributed by atoms with Gasteiger partial charge in [0.1, 0.15) is 6.04 Å². The standard InChI is InChI=1S/C50H51N3O7/c54-45-32-41(27-18-34-11-4-1-5-12-34)49(59)53-44(31-37-19-23-39(24-20-37)38-15-8-3-9-16-38)50(60)52-43(30-35-13-6-2-7-14-35)46(55)33-42(29-36-21-25-40(45)26-22-36)48(58)51-28-10-17-47(56)57/h1-9,11-16,19-26,41-44H,10,17-18,27-33H2,(H,51,58)(H,52,60)(H,53,59)(H,56,57)/t41-,42+,43+,44-/m0/s1. The van der Waals surface area contributed by atoms with Crippen LogP contribution in [-0.4, -0.2) is 59.0 Å². The van der Waals surface area contributed by atoms with Crippen LogP contribution in [0.4, 0.5) is 0 Å². The van der Waals surface area contributed by atoms with Gasteiger partial charge in [-0.1, -0.05) is 140 Å². The van der Waals surface area contributed by atoms with E-state index in [1.807, 2.05) is 115 Å². The minimum absolute atomic E-state index is 0.0887. The maximum Gasteiger partial charge on any atom is 0.303 e. The number of carbonyl (C=O) groups excluding carboxylic acids is 5. The zero-order chi connectivity index (χ0) is 42.3. The third kappa shape index (κ3) is 12.7. The second-order valence-corrected chi connectivity index (χ2v) is 15.5. The van der Waals surface area contributed by atoms with Crippen molar-refractivity contribution in [3.63, 3.8) is 0 Å². The fraction of sp³-hybridized carbons (Fsp3) is 0.280. The lowest BCUT2D eigenvalue weighted by Gasteiger charge is -2.26. The lowest BCUT2D eigenvalue weighted by Crippen LogP contribution is -2.54. The molecule has 0 fully saturated rings. The van der Waals surface area contributed by atoms with E-state index in [9.17, 15) is 28.8 Å². The van der Waals surface area contributed by atoms with Crippen molar-refractivity contribution in [3.8, 4) is 11.1 Å². The summed E-state index contributed by atoms with van der Waals surface area (Å²) >= 11 is 0. The number of aryl methyl sites for hydroxylation is 1. The van der Waals surface area contributed by atoms with Gasteiger partial charge in [0.2, 0.25) is 17.7 Å². The van der Waals surface area contributed by atoms with Gasteiger partial charge >= 0.3 is 5.97 Å². The summed E-state index contributed by atoms with van der Waals surface area (Å²) in [7, 11) is 0. The first-order chi connectivity index (χ1) is 29.1. The number of hydrogen-bond donors (Lipinski definition) is 4. The highest BCUT2D eigenvalue weighted by molar-refractivity contribution is 6.00. The van der Waals surface area contributed by atoms with E-state index in [-0.39, 0.29) is 63.1 Å². The number of hydrogen-bond acceptors (Lipinski definition) is 6. The number of fused-ring (bicyclic) bond motifs is 14. The number of benzene rings is 5. The van der Waals surface area contributed by atoms with E-state index in [4.69, 9.17) is 5.11 Å². The Morgan fingerprint density at radius 3 is 1.78 bits per heavy atom. The summed E-state index contributed by atoms with van der Waals surface area (Å²) in [5.74, 6) is -4.61. The molecule has 4 atom stereocenters. The van der Waals surface area contributed by atoms with E-state index in [2.05, 4.69) is 16.0 Å². The molecule has 308 valence electrons. The van der Waals surface area contributed by atoms with E-state index in [0.717, 1.165) is 33.4 Å².